The van der Waals surface area contributed by atoms with Crippen molar-refractivity contribution in [2.75, 3.05) is 18.4 Å². The van der Waals surface area contributed by atoms with E-state index in [0.717, 1.165) is 18.4 Å². The van der Waals surface area contributed by atoms with Crippen LogP contribution in [-0.2, 0) is 6.54 Å². The van der Waals surface area contributed by atoms with Gasteiger partial charge in [-0.2, -0.15) is 0 Å². The van der Waals surface area contributed by atoms with Gasteiger partial charge in [-0.25, -0.2) is 0 Å². The van der Waals surface area contributed by atoms with Crippen molar-refractivity contribution in [3.8, 4) is 0 Å². The molecule has 0 atom stereocenters. The van der Waals surface area contributed by atoms with E-state index in [0.29, 0.717) is 0 Å². The van der Waals surface area contributed by atoms with Crippen LogP contribution in [0.3, 0.4) is 0 Å². The molecule has 0 aliphatic carbocycles. The molecule has 17 heavy (non-hydrogen) atoms. The highest BCUT2D eigenvalue weighted by Gasteiger charge is 2.08. The van der Waals surface area contributed by atoms with Gasteiger partial charge >= 0.3 is 0 Å². The first-order valence-electron chi connectivity index (χ1n) is 6.08. The normalized spacial score (nSPS) is 11.5. The standard InChI is InChI=1S/C14H18BrNS/c1-2-8-16(9-7-15)10-12-11-17-14-6-4-3-5-13(12)14/h3-6,11H,2,7-10H2,1H3. The van der Waals surface area contributed by atoms with Gasteiger partial charge in [-0.3, -0.25) is 4.90 Å². The van der Waals surface area contributed by atoms with Crippen LogP contribution in [-0.4, -0.2) is 23.3 Å². The number of benzene rings is 1. The molecule has 1 aromatic carbocycles. The molecule has 0 spiro atoms. The van der Waals surface area contributed by atoms with E-state index < -0.39 is 0 Å². The Morgan fingerprint density at radius 3 is 2.82 bits per heavy atom. The smallest absolute Gasteiger partial charge is 0.0346 e. The van der Waals surface area contributed by atoms with Crippen LogP contribution in [0.1, 0.15) is 18.9 Å². The predicted octanol–water partition coefficient (Wildman–Crippen LogP) is 4.51. The molecule has 0 aliphatic heterocycles. The third-order valence-corrected chi connectivity index (χ3v) is 4.26. The lowest BCUT2D eigenvalue weighted by molar-refractivity contribution is 0.285. The molecule has 0 saturated carbocycles. The van der Waals surface area contributed by atoms with Crippen LogP contribution in [0.5, 0.6) is 0 Å². The lowest BCUT2D eigenvalue weighted by atomic mass is 10.1. The summed E-state index contributed by atoms with van der Waals surface area (Å²) in [6.07, 6.45) is 1.22. The van der Waals surface area contributed by atoms with Gasteiger partial charge in [0.1, 0.15) is 0 Å². The van der Waals surface area contributed by atoms with Crippen molar-refractivity contribution in [2.45, 2.75) is 19.9 Å². The summed E-state index contributed by atoms with van der Waals surface area (Å²) in [4.78, 5) is 2.52. The summed E-state index contributed by atoms with van der Waals surface area (Å²) in [7, 11) is 0. The van der Waals surface area contributed by atoms with Crippen LogP contribution in [0.25, 0.3) is 10.1 Å². The third kappa shape index (κ3) is 3.30. The Labute approximate surface area is 116 Å². The van der Waals surface area contributed by atoms with Crippen molar-refractivity contribution in [2.24, 2.45) is 0 Å². The van der Waals surface area contributed by atoms with Crippen LogP contribution >= 0.6 is 27.3 Å². The first-order chi connectivity index (χ1) is 8.35. The Kier molecular flexibility index (Phi) is 5.01. The van der Waals surface area contributed by atoms with Gasteiger partial charge in [-0.1, -0.05) is 41.1 Å². The average Bonchev–Trinajstić information content (AvgIpc) is 2.74. The molecule has 1 aromatic heterocycles. The molecule has 0 unspecified atom stereocenters. The van der Waals surface area contributed by atoms with Gasteiger partial charge < -0.3 is 0 Å². The first kappa shape index (κ1) is 13.1. The van der Waals surface area contributed by atoms with Gasteiger partial charge in [0.05, 0.1) is 0 Å². The minimum absolute atomic E-state index is 1.05. The SMILES string of the molecule is CCCN(CCBr)Cc1csc2ccccc12. The number of hydrogen-bond donors (Lipinski definition) is 0. The Bertz CT molecular complexity index is 460. The van der Waals surface area contributed by atoms with E-state index in [1.807, 2.05) is 11.3 Å². The van der Waals surface area contributed by atoms with Gasteiger partial charge in [0, 0.05) is 23.1 Å². The number of fused-ring (bicyclic) bond motifs is 1. The maximum absolute atomic E-state index is 3.53. The van der Waals surface area contributed by atoms with Gasteiger partial charge in [0.25, 0.3) is 0 Å². The number of nitrogens with zero attached hydrogens (tertiary/aromatic N) is 1. The largest absolute Gasteiger partial charge is 0.298 e. The van der Waals surface area contributed by atoms with E-state index in [2.05, 4.69) is 57.4 Å². The summed E-state index contributed by atoms with van der Waals surface area (Å²) in [6.45, 7) is 5.62. The fourth-order valence-corrected chi connectivity index (χ4v) is 3.56. The van der Waals surface area contributed by atoms with Crippen molar-refractivity contribution < 1.29 is 0 Å². The number of rotatable bonds is 6. The molecule has 1 heterocycles. The second kappa shape index (κ2) is 6.53. The summed E-state index contributed by atoms with van der Waals surface area (Å²) in [5.41, 5.74) is 1.47. The second-order valence-electron chi connectivity index (χ2n) is 4.22. The van der Waals surface area contributed by atoms with E-state index in [-0.39, 0.29) is 0 Å². The summed E-state index contributed by atoms with van der Waals surface area (Å²) >= 11 is 5.39. The maximum Gasteiger partial charge on any atom is 0.0346 e. The van der Waals surface area contributed by atoms with E-state index in [1.54, 1.807) is 0 Å². The van der Waals surface area contributed by atoms with E-state index >= 15 is 0 Å². The number of halogens is 1. The summed E-state index contributed by atoms with van der Waals surface area (Å²) in [5, 5.41) is 4.78. The summed E-state index contributed by atoms with van der Waals surface area (Å²) in [6, 6.07) is 8.69. The predicted molar refractivity (Wildman–Crippen MR) is 81.2 cm³/mol. The van der Waals surface area contributed by atoms with Crippen LogP contribution in [0.2, 0.25) is 0 Å². The molecule has 0 aliphatic rings. The lowest BCUT2D eigenvalue weighted by Gasteiger charge is -2.20. The van der Waals surface area contributed by atoms with Crippen molar-refractivity contribution in [3.63, 3.8) is 0 Å². The zero-order valence-corrected chi connectivity index (χ0v) is 12.6. The van der Waals surface area contributed by atoms with Gasteiger partial charge in [0.15, 0.2) is 0 Å². The Morgan fingerprint density at radius 1 is 1.24 bits per heavy atom. The molecule has 0 fully saturated rings. The molecule has 0 bridgehead atoms. The molecule has 2 rings (SSSR count). The molecule has 1 nitrogen and oxygen atoms in total. The second-order valence-corrected chi connectivity index (χ2v) is 5.93. The van der Waals surface area contributed by atoms with E-state index in [1.165, 1.54) is 28.6 Å². The average molecular weight is 312 g/mol. The zero-order valence-electron chi connectivity index (χ0n) is 10.2. The lowest BCUT2D eigenvalue weighted by Crippen LogP contribution is -2.25. The van der Waals surface area contributed by atoms with Crippen LogP contribution in [0.4, 0.5) is 0 Å². The highest BCUT2D eigenvalue weighted by molar-refractivity contribution is 9.09. The third-order valence-electron chi connectivity index (χ3n) is 2.90. The Balaban J connectivity index is 2.15. The van der Waals surface area contributed by atoms with E-state index in [4.69, 9.17) is 0 Å². The monoisotopic (exact) mass is 311 g/mol. The molecule has 92 valence electrons. The quantitative estimate of drug-likeness (QED) is 0.710. The van der Waals surface area contributed by atoms with Crippen LogP contribution in [0, 0.1) is 0 Å². The van der Waals surface area contributed by atoms with Gasteiger partial charge in [-0.05, 0) is 35.4 Å². The topological polar surface area (TPSA) is 3.24 Å². The van der Waals surface area contributed by atoms with Gasteiger partial charge in [0.2, 0.25) is 0 Å². The van der Waals surface area contributed by atoms with Crippen LogP contribution in [0.15, 0.2) is 29.6 Å². The van der Waals surface area contributed by atoms with Crippen molar-refractivity contribution in [3.05, 3.63) is 35.2 Å². The summed E-state index contributed by atoms with van der Waals surface area (Å²) in [5.74, 6) is 0. The number of hydrogen-bond acceptors (Lipinski definition) is 2. The fourth-order valence-electron chi connectivity index (χ4n) is 2.10. The molecule has 2 aromatic rings. The highest BCUT2D eigenvalue weighted by Crippen LogP contribution is 2.26. The molecular formula is C14H18BrNS. The van der Waals surface area contributed by atoms with E-state index in [9.17, 15) is 0 Å². The molecule has 0 saturated heterocycles. The Morgan fingerprint density at radius 2 is 2.06 bits per heavy atom. The highest BCUT2D eigenvalue weighted by atomic mass is 79.9. The molecule has 3 heteroatoms. The fraction of sp³-hybridized carbons (Fsp3) is 0.429. The molecule has 0 radical (unpaired) electrons. The zero-order chi connectivity index (χ0) is 12.1. The minimum Gasteiger partial charge on any atom is -0.298 e. The van der Waals surface area contributed by atoms with Crippen molar-refractivity contribution in [1.29, 1.82) is 0 Å². The number of thiophene rings is 1. The number of alkyl halides is 1. The molecular weight excluding hydrogens is 294 g/mol. The van der Waals surface area contributed by atoms with Crippen LogP contribution < -0.4 is 0 Å². The summed E-state index contributed by atoms with van der Waals surface area (Å²) < 4.78 is 1.40. The maximum atomic E-state index is 3.53. The molecule has 0 N–H and O–H groups in total. The van der Waals surface area contributed by atoms with Crippen molar-refractivity contribution >= 4 is 37.4 Å². The molecule has 0 amide bonds. The van der Waals surface area contributed by atoms with Gasteiger partial charge in [-0.15, -0.1) is 11.3 Å². The Hall–Kier alpha value is -0.380. The first-order valence-corrected chi connectivity index (χ1v) is 8.08. The van der Waals surface area contributed by atoms with Crippen molar-refractivity contribution in [1.82, 2.24) is 4.90 Å². The minimum atomic E-state index is 1.05.